The first-order valence-corrected chi connectivity index (χ1v) is 7.94. The lowest BCUT2D eigenvalue weighted by Gasteiger charge is -2.16. The molecular weight excluding hydrogens is 304 g/mol. The average Bonchev–Trinajstić information content (AvgIpc) is 2.61. The number of methoxy groups -OCH3 is 2. The van der Waals surface area contributed by atoms with Crippen LogP contribution in [0.15, 0.2) is 48.5 Å². The second kappa shape index (κ2) is 8.93. The molecule has 0 fully saturated rings. The van der Waals surface area contributed by atoms with E-state index in [4.69, 9.17) is 9.47 Å². The zero-order valence-electron chi connectivity index (χ0n) is 14.3. The van der Waals surface area contributed by atoms with Gasteiger partial charge in [-0.15, -0.1) is 0 Å². The fourth-order valence-corrected chi connectivity index (χ4v) is 2.29. The van der Waals surface area contributed by atoms with Gasteiger partial charge in [-0.1, -0.05) is 12.1 Å². The van der Waals surface area contributed by atoms with Crippen LogP contribution < -0.4 is 15.4 Å². The summed E-state index contributed by atoms with van der Waals surface area (Å²) in [5.41, 5.74) is 2.26. The standard InChI is InChI=1S/C19H24N2O3/c1-14(12-13-23-2)20-19(22)17-6-4-5-7-18(17)21-15-8-10-16(24-3)11-9-15/h4-11,14,21H,12-13H2,1-3H3,(H,20,22)/t14-/m0/s1. The fraction of sp³-hybridized carbons (Fsp3) is 0.316. The van der Waals surface area contributed by atoms with Crippen molar-refractivity contribution >= 4 is 17.3 Å². The van der Waals surface area contributed by atoms with Gasteiger partial charge >= 0.3 is 0 Å². The van der Waals surface area contributed by atoms with Crippen molar-refractivity contribution in [2.45, 2.75) is 19.4 Å². The highest BCUT2D eigenvalue weighted by Gasteiger charge is 2.13. The molecule has 2 N–H and O–H groups in total. The molecule has 2 aromatic rings. The molecule has 5 heteroatoms. The summed E-state index contributed by atoms with van der Waals surface area (Å²) < 4.78 is 10.2. The Morgan fingerprint density at radius 2 is 1.79 bits per heavy atom. The van der Waals surface area contributed by atoms with Crippen LogP contribution in [0.1, 0.15) is 23.7 Å². The highest BCUT2D eigenvalue weighted by atomic mass is 16.5. The molecule has 128 valence electrons. The van der Waals surface area contributed by atoms with Crippen molar-refractivity contribution in [2.24, 2.45) is 0 Å². The van der Waals surface area contributed by atoms with E-state index in [1.165, 1.54) is 0 Å². The van der Waals surface area contributed by atoms with Gasteiger partial charge in [0.1, 0.15) is 5.75 Å². The lowest BCUT2D eigenvalue weighted by atomic mass is 10.1. The molecule has 0 aliphatic carbocycles. The molecule has 1 atom stereocenters. The number of hydrogen-bond donors (Lipinski definition) is 2. The highest BCUT2D eigenvalue weighted by Crippen LogP contribution is 2.23. The first-order valence-electron chi connectivity index (χ1n) is 7.94. The summed E-state index contributed by atoms with van der Waals surface area (Å²) in [5, 5.41) is 6.28. The molecular formula is C19H24N2O3. The maximum atomic E-state index is 12.5. The molecule has 0 aliphatic rings. The SMILES string of the molecule is COCC[C@H](C)NC(=O)c1ccccc1Nc1ccc(OC)cc1. The molecule has 5 nitrogen and oxygen atoms in total. The molecule has 1 amide bonds. The summed E-state index contributed by atoms with van der Waals surface area (Å²) in [6.07, 6.45) is 0.774. The third-order valence-corrected chi connectivity index (χ3v) is 3.67. The molecule has 0 aromatic heterocycles. The first-order chi connectivity index (χ1) is 11.6. The minimum absolute atomic E-state index is 0.0477. The third-order valence-electron chi connectivity index (χ3n) is 3.67. The van der Waals surface area contributed by atoms with Crippen molar-refractivity contribution in [2.75, 3.05) is 26.1 Å². The van der Waals surface area contributed by atoms with E-state index in [1.54, 1.807) is 14.2 Å². The van der Waals surface area contributed by atoms with Gasteiger partial charge in [0.2, 0.25) is 0 Å². The summed E-state index contributed by atoms with van der Waals surface area (Å²) >= 11 is 0. The number of benzene rings is 2. The molecule has 2 rings (SSSR count). The first kappa shape index (κ1) is 17.8. The van der Waals surface area contributed by atoms with Crippen LogP contribution in [-0.2, 0) is 4.74 Å². The monoisotopic (exact) mass is 328 g/mol. The van der Waals surface area contributed by atoms with E-state index in [0.29, 0.717) is 12.2 Å². The summed E-state index contributed by atoms with van der Waals surface area (Å²) in [5.74, 6) is 0.689. The predicted molar refractivity (Wildman–Crippen MR) is 96.1 cm³/mol. The number of nitrogens with one attached hydrogen (secondary N) is 2. The van der Waals surface area contributed by atoms with E-state index in [-0.39, 0.29) is 11.9 Å². The normalized spacial score (nSPS) is 11.6. The van der Waals surface area contributed by atoms with Gasteiger partial charge in [0.05, 0.1) is 18.4 Å². The van der Waals surface area contributed by atoms with Gasteiger partial charge < -0.3 is 20.1 Å². The Morgan fingerprint density at radius 3 is 2.46 bits per heavy atom. The zero-order valence-corrected chi connectivity index (χ0v) is 14.3. The summed E-state index contributed by atoms with van der Waals surface area (Å²) in [7, 11) is 3.29. The zero-order chi connectivity index (χ0) is 17.4. The van der Waals surface area contributed by atoms with Gasteiger partial charge in [-0.05, 0) is 49.7 Å². The number of amides is 1. The van der Waals surface area contributed by atoms with Crippen LogP contribution in [0.5, 0.6) is 5.75 Å². The minimum atomic E-state index is -0.102. The van der Waals surface area contributed by atoms with E-state index < -0.39 is 0 Å². The van der Waals surface area contributed by atoms with Crippen molar-refractivity contribution in [1.82, 2.24) is 5.32 Å². The maximum Gasteiger partial charge on any atom is 0.253 e. The van der Waals surface area contributed by atoms with Gasteiger partial charge in [0, 0.05) is 25.4 Å². The smallest absolute Gasteiger partial charge is 0.253 e. The second-order valence-corrected chi connectivity index (χ2v) is 5.56. The van der Waals surface area contributed by atoms with Gasteiger partial charge in [0.15, 0.2) is 0 Å². The van der Waals surface area contributed by atoms with E-state index in [1.807, 2.05) is 55.5 Å². The van der Waals surface area contributed by atoms with Crippen LogP contribution in [0, 0.1) is 0 Å². The molecule has 0 saturated heterocycles. The molecule has 2 aromatic carbocycles. The number of hydrogen-bond acceptors (Lipinski definition) is 4. The van der Waals surface area contributed by atoms with Crippen molar-refractivity contribution < 1.29 is 14.3 Å². The molecule has 0 saturated carbocycles. The molecule has 0 aliphatic heterocycles. The minimum Gasteiger partial charge on any atom is -0.497 e. The van der Waals surface area contributed by atoms with Gasteiger partial charge in [-0.25, -0.2) is 0 Å². The fourth-order valence-electron chi connectivity index (χ4n) is 2.29. The van der Waals surface area contributed by atoms with E-state index in [2.05, 4.69) is 10.6 Å². The predicted octanol–water partition coefficient (Wildman–Crippen LogP) is 3.59. The van der Waals surface area contributed by atoms with Gasteiger partial charge in [-0.3, -0.25) is 4.79 Å². The molecule has 0 unspecified atom stereocenters. The molecule has 0 bridgehead atoms. The van der Waals surface area contributed by atoms with Crippen molar-refractivity contribution in [1.29, 1.82) is 0 Å². The van der Waals surface area contributed by atoms with Crippen LogP contribution in [-0.4, -0.2) is 32.8 Å². The van der Waals surface area contributed by atoms with Crippen LogP contribution in [0.4, 0.5) is 11.4 Å². The Kier molecular flexibility index (Phi) is 6.63. The number of para-hydroxylation sites is 1. The Bertz CT molecular complexity index is 656. The number of carbonyl (C=O) groups is 1. The van der Waals surface area contributed by atoms with Crippen molar-refractivity contribution in [3.8, 4) is 5.75 Å². The third kappa shape index (κ3) is 4.99. The van der Waals surface area contributed by atoms with Gasteiger partial charge in [-0.2, -0.15) is 0 Å². The quantitative estimate of drug-likeness (QED) is 0.777. The Hall–Kier alpha value is -2.53. The number of ether oxygens (including phenoxy) is 2. The van der Waals surface area contributed by atoms with Crippen LogP contribution in [0.3, 0.4) is 0 Å². The van der Waals surface area contributed by atoms with Crippen LogP contribution in [0.25, 0.3) is 0 Å². The highest BCUT2D eigenvalue weighted by molar-refractivity contribution is 6.00. The number of anilines is 2. The molecule has 0 radical (unpaired) electrons. The van der Waals surface area contributed by atoms with Crippen LogP contribution in [0.2, 0.25) is 0 Å². The lowest BCUT2D eigenvalue weighted by Crippen LogP contribution is -2.33. The lowest BCUT2D eigenvalue weighted by molar-refractivity contribution is 0.0930. The summed E-state index contributed by atoms with van der Waals surface area (Å²) in [6.45, 7) is 2.59. The van der Waals surface area contributed by atoms with Crippen molar-refractivity contribution in [3.05, 3.63) is 54.1 Å². The van der Waals surface area contributed by atoms with Gasteiger partial charge in [0.25, 0.3) is 5.91 Å². The largest absolute Gasteiger partial charge is 0.497 e. The van der Waals surface area contributed by atoms with E-state index >= 15 is 0 Å². The average molecular weight is 328 g/mol. The topological polar surface area (TPSA) is 59.6 Å². The number of rotatable bonds is 8. The van der Waals surface area contributed by atoms with E-state index in [9.17, 15) is 4.79 Å². The van der Waals surface area contributed by atoms with Crippen LogP contribution >= 0.6 is 0 Å². The van der Waals surface area contributed by atoms with Crippen molar-refractivity contribution in [3.63, 3.8) is 0 Å². The number of carbonyl (C=O) groups excluding carboxylic acids is 1. The Morgan fingerprint density at radius 1 is 1.08 bits per heavy atom. The Balaban J connectivity index is 2.09. The molecule has 0 heterocycles. The van der Waals surface area contributed by atoms with E-state index in [0.717, 1.165) is 23.5 Å². The Labute approximate surface area is 143 Å². The summed E-state index contributed by atoms with van der Waals surface area (Å²) in [4.78, 5) is 12.5. The summed E-state index contributed by atoms with van der Waals surface area (Å²) in [6, 6.07) is 15.1. The second-order valence-electron chi connectivity index (χ2n) is 5.56. The maximum absolute atomic E-state index is 12.5. The molecule has 24 heavy (non-hydrogen) atoms. The molecule has 0 spiro atoms.